The van der Waals surface area contributed by atoms with Crippen molar-refractivity contribution in [3.8, 4) is 0 Å². The van der Waals surface area contributed by atoms with Crippen molar-refractivity contribution in [2.75, 3.05) is 0 Å². The number of allylic oxidation sites excluding steroid dienone is 1. The minimum absolute atomic E-state index is 0.261. The van der Waals surface area contributed by atoms with E-state index in [1.54, 1.807) is 12.1 Å². The average molecular weight is 331 g/mol. The Bertz CT molecular complexity index is 746. The molecule has 1 N–H and O–H groups in total. The van der Waals surface area contributed by atoms with Gasteiger partial charge in [0.2, 0.25) is 0 Å². The van der Waals surface area contributed by atoms with Crippen LogP contribution in [0.3, 0.4) is 0 Å². The van der Waals surface area contributed by atoms with Gasteiger partial charge < -0.3 is 5.11 Å². The second-order valence-corrected chi connectivity index (χ2v) is 6.81. The molecule has 2 aromatic rings. The molecule has 0 aromatic heterocycles. The molecule has 1 aliphatic rings. The van der Waals surface area contributed by atoms with Crippen LogP contribution in [0.2, 0.25) is 5.02 Å². The molecule has 0 unspecified atom stereocenters. The molecule has 0 saturated heterocycles. The van der Waals surface area contributed by atoms with Gasteiger partial charge in [-0.25, -0.2) is 4.39 Å². The second-order valence-electron chi connectivity index (χ2n) is 6.41. The fraction of sp³-hybridized carbons (Fsp3) is 0.300. The lowest BCUT2D eigenvalue weighted by atomic mass is 9.82. The molecule has 0 amide bonds. The average Bonchev–Trinajstić information content (AvgIpc) is 2.48. The Morgan fingerprint density at radius 3 is 2.74 bits per heavy atom. The predicted octanol–water partition coefficient (Wildman–Crippen LogP) is 5.14. The molecule has 0 radical (unpaired) electrons. The lowest BCUT2D eigenvalue weighted by molar-refractivity contribution is 0.109. The smallest absolute Gasteiger partial charge is 0.132 e. The van der Waals surface area contributed by atoms with Gasteiger partial charge in [0.15, 0.2) is 0 Å². The van der Waals surface area contributed by atoms with Gasteiger partial charge in [-0.05, 0) is 60.1 Å². The van der Waals surface area contributed by atoms with Gasteiger partial charge in [0.25, 0.3) is 0 Å². The Hall–Kier alpha value is -1.64. The molecular formula is C20H20ClFO. The van der Waals surface area contributed by atoms with Crippen LogP contribution in [0.15, 0.2) is 36.4 Å². The van der Waals surface area contributed by atoms with Crippen LogP contribution in [-0.2, 0) is 12.8 Å². The number of aliphatic hydroxyl groups is 1. The molecule has 0 aliphatic heterocycles. The highest BCUT2D eigenvalue weighted by molar-refractivity contribution is 6.32. The third-order valence-electron chi connectivity index (χ3n) is 4.60. The third kappa shape index (κ3) is 3.34. The van der Waals surface area contributed by atoms with Crippen molar-refractivity contribution >= 4 is 23.3 Å². The molecule has 23 heavy (non-hydrogen) atoms. The first-order chi connectivity index (χ1) is 11.0. The number of hydrogen-bond acceptors (Lipinski definition) is 1. The van der Waals surface area contributed by atoms with Gasteiger partial charge in [-0.2, -0.15) is 0 Å². The Balaban J connectivity index is 1.96. The van der Waals surface area contributed by atoms with Crippen LogP contribution in [0, 0.1) is 11.7 Å². The summed E-state index contributed by atoms with van der Waals surface area (Å²) in [5, 5.41) is 10.4. The summed E-state index contributed by atoms with van der Waals surface area (Å²) < 4.78 is 14.0. The van der Waals surface area contributed by atoms with Crippen molar-refractivity contribution in [2.24, 2.45) is 5.92 Å². The van der Waals surface area contributed by atoms with Crippen LogP contribution in [-0.4, -0.2) is 11.2 Å². The van der Waals surface area contributed by atoms with E-state index in [-0.39, 0.29) is 17.8 Å². The lowest BCUT2D eigenvalue weighted by Crippen LogP contribution is -2.27. The Morgan fingerprint density at radius 2 is 2.00 bits per heavy atom. The zero-order valence-electron chi connectivity index (χ0n) is 13.3. The van der Waals surface area contributed by atoms with E-state index in [9.17, 15) is 9.50 Å². The van der Waals surface area contributed by atoms with E-state index in [0.717, 1.165) is 17.6 Å². The van der Waals surface area contributed by atoms with Crippen LogP contribution >= 0.6 is 11.6 Å². The number of rotatable bonds is 2. The number of halogens is 2. The van der Waals surface area contributed by atoms with E-state index >= 15 is 0 Å². The summed E-state index contributed by atoms with van der Waals surface area (Å²) in [7, 11) is 0. The van der Waals surface area contributed by atoms with Crippen molar-refractivity contribution in [1.82, 2.24) is 0 Å². The number of fused-ring (bicyclic) bond motifs is 1. The monoisotopic (exact) mass is 330 g/mol. The molecule has 1 nitrogen and oxygen atoms in total. The maximum Gasteiger partial charge on any atom is 0.132 e. The van der Waals surface area contributed by atoms with Crippen molar-refractivity contribution < 1.29 is 9.50 Å². The van der Waals surface area contributed by atoms with Gasteiger partial charge in [-0.1, -0.05) is 48.9 Å². The summed E-state index contributed by atoms with van der Waals surface area (Å²) in [6, 6.07) is 10.9. The van der Waals surface area contributed by atoms with E-state index in [1.807, 2.05) is 19.1 Å². The van der Waals surface area contributed by atoms with E-state index in [2.05, 4.69) is 19.1 Å². The molecule has 0 saturated carbocycles. The SMILES string of the molecule is C/C(=C\c1ccc2c(c1)C[C@H](C)[C@H](O)C2)c1c(F)cccc1Cl. The minimum atomic E-state index is -0.305. The van der Waals surface area contributed by atoms with Gasteiger partial charge in [-0.3, -0.25) is 0 Å². The summed E-state index contributed by atoms with van der Waals surface area (Å²) in [4.78, 5) is 0. The molecule has 0 bridgehead atoms. The summed E-state index contributed by atoms with van der Waals surface area (Å²) >= 11 is 6.13. The highest BCUT2D eigenvalue weighted by atomic mass is 35.5. The molecule has 1 aliphatic carbocycles. The quantitative estimate of drug-likeness (QED) is 0.756. The summed E-state index contributed by atoms with van der Waals surface area (Å²) in [6.45, 7) is 3.94. The zero-order chi connectivity index (χ0) is 16.6. The van der Waals surface area contributed by atoms with E-state index < -0.39 is 0 Å². The summed E-state index contributed by atoms with van der Waals surface area (Å²) in [6.07, 6.45) is 3.28. The maximum absolute atomic E-state index is 14.0. The largest absolute Gasteiger partial charge is 0.392 e. The fourth-order valence-electron chi connectivity index (χ4n) is 3.23. The molecule has 0 spiro atoms. The van der Waals surface area contributed by atoms with Crippen LogP contribution in [0.4, 0.5) is 4.39 Å². The van der Waals surface area contributed by atoms with Gasteiger partial charge in [-0.15, -0.1) is 0 Å². The molecular weight excluding hydrogens is 311 g/mol. The van der Waals surface area contributed by atoms with Gasteiger partial charge in [0.05, 0.1) is 11.1 Å². The van der Waals surface area contributed by atoms with E-state index in [1.165, 1.54) is 17.2 Å². The second kappa shape index (κ2) is 6.46. The van der Waals surface area contributed by atoms with Crippen molar-refractivity contribution in [3.63, 3.8) is 0 Å². The predicted molar refractivity (Wildman–Crippen MR) is 94.0 cm³/mol. The number of benzene rings is 2. The van der Waals surface area contributed by atoms with Gasteiger partial charge in [0.1, 0.15) is 5.82 Å². The van der Waals surface area contributed by atoms with Crippen LogP contribution in [0.1, 0.15) is 36.1 Å². The first kappa shape index (κ1) is 16.2. The van der Waals surface area contributed by atoms with Crippen LogP contribution in [0.5, 0.6) is 0 Å². The molecule has 2 atom stereocenters. The normalized spacial score (nSPS) is 21.2. The van der Waals surface area contributed by atoms with Crippen LogP contribution in [0.25, 0.3) is 11.6 Å². The molecule has 3 rings (SSSR count). The molecule has 2 aromatic carbocycles. The van der Waals surface area contributed by atoms with E-state index in [0.29, 0.717) is 17.0 Å². The lowest BCUT2D eigenvalue weighted by Gasteiger charge is -2.27. The zero-order valence-corrected chi connectivity index (χ0v) is 14.1. The van der Waals surface area contributed by atoms with Gasteiger partial charge >= 0.3 is 0 Å². The molecule has 3 heteroatoms. The Kier molecular flexibility index (Phi) is 4.56. The van der Waals surface area contributed by atoms with Crippen molar-refractivity contribution in [3.05, 3.63) is 69.5 Å². The Labute approximate surface area is 141 Å². The first-order valence-corrected chi connectivity index (χ1v) is 8.26. The third-order valence-corrected chi connectivity index (χ3v) is 4.91. The number of aliphatic hydroxyl groups excluding tert-OH is 1. The van der Waals surface area contributed by atoms with Gasteiger partial charge in [0, 0.05) is 5.56 Å². The molecule has 0 fully saturated rings. The van der Waals surface area contributed by atoms with Crippen molar-refractivity contribution in [1.29, 1.82) is 0 Å². The summed E-state index contributed by atoms with van der Waals surface area (Å²) in [5.74, 6) is -0.0372. The van der Waals surface area contributed by atoms with Crippen molar-refractivity contribution in [2.45, 2.75) is 32.8 Å². The minimum Gasteiger partial charge on any atom is -0.392 e. The fourth-order valence-corrected chi connectivity index (χ4v) is 3.54. The van der Waals surface area contributed by atoms with Crippen LogP contribution < -0.4 is 0 Å². The Morgan fingerprint density at radius 1 is 1.22 bits per heavy atom. The first-order valence-electron chi connectivity index (χ1n) is 7.88. The molecule has 0 heterocycles. The topological polar surface area (TPSA) is 20.2 Å². The standard InChI is InChI=1S/C20H20ClFO/c1-12-9-16-10-14(6-7-15(16)11-19(12)23)8-13(2)20-17(21)4-3-5-18(20)22/h3-8,10,12,19,23H,9,11H2,1-2H3/b13-8+/t12-,19+/m0/s1. The maximum atomic E-state index is 14.0. The number of hydrogen-bond donors (Lipinski definition) is 1. The highest BCUT2D eigenvalue weighted by Gasteiger charge is 2.23. The molecule has 120 valence electrons. The highest BCUT2D eigenvalue weighted by Crippen LogP contribution is 2.30. The summed E-state index contributed by atoms with van der Waals surface area (Å²) in [5.41, 5.74) is 4.76. The van der Waals surface area contributed by atoms with E-state index in [4.69, 9.17) is 11.6 Å².